The lowest BCUT2D eigenvalue weighted by molar-refractivity contribution is -0.929. The largest absolute Gasteiger partial charge is 0.455 e. The molecule has 0 radical (unpaired) electrons. The molecule has 0 bridgehead atoms. The van der Waals surface area contributed by atoms with Crippen LogP contribution >= 0.6 is 0 Å². The third kappa shape index (κ3) is 1.17. The molecule has 18 heavy (non-hydrogen) atoms. The monoisotopic (exact) mass is 242 g/mol. The smallest absolute Gasteiger partial charge is 0.230 e. The molecule has 1 aromatic heterocycles. The molecule has 1 saturated carbocycles. The van der Waals surface area contributed by atoms with E-state index in [1.54, 1.807) is 12.4 Å². The zero-order chi connectivity index (χ0) is 12.3. The summed E-state index contributed by atoms with van der Waals surface area (Å²) in [5.41, 5.74) is 4.20. The zero-order valence-corrected chi connectivity index (χ0v) is 10.5. The van der Waals surface area contributed by atoms with Crippen molar-refractivity contribution < 1.29 is 9.80 Å². The van der Waals surface area contributed by atoms with E-state index in [2.05, 4.69) is 24.1 Å². The summed E-state index contributed by atoms with van der Waals surface area (Å²) in [6.07, 6.45) is 8.59. The van der Waals surface area contributed by atoms with Gasteiger partial charge in [0, 0.05) is 25.5 Å². The van der Waals surface area contributed by atoms with E-state index in [0.717, 1.165) is 29.4 Å². The zero-order valence-electron chi connectivity index (χ0n) is 10.5. The first-order valence-electron chi connectivity index (χ1n) is 6.63. The fourth-order valence-corrected chi connectivity index (χ4v) is 3.65. The van der Waals surface area contributed by atoms with Crippen molar-refractivity contribution in [3.63, 3.8) is 0 Å². The van der Waals surface area contributed by atoms with Crippen LogP contribution in [0.1, 0.15) is 31.4 Å². The molecule has 2 atom stereocenters. The number of rotatable bonds is 0. The number of aromatic nitrogens is 2. The van der Waals surface area contributed by atoms with Gasteiger partial charge in [-0.3, -0.25) is 0 Å². The Kier molecular flexibility index (Phi) is 2.01. The topological polar surface area (TPSA) is 34.7 Å². The van der Waals surface area contributed by atoms with Crippen LogP contribution in [0.25, 0.3) is 5.57 Å². The highest BCUT2D eigenvalue weighted by molar-refractivity contribution is 5.74. The number of nitrogens with zero attached hydrogens (tertiary/aromatic N) is 2. The van der Waals surface area contributed by atoms with Crippen LogP contribution in [0.15, 0.2) is 18.1 Å². The second-order valence-corrected chi connectivity index (χ2v) is 5.78. The molecule has 94 valence electrons. The number of hydrogen-bond acceptors (Lipinski definition) is 2. The molecule has 3 heterocycles. The maximum Gasteiger partial charge on any atom is 0.230 e. The Morgan fingerprint density at radius 3 is 2.67 bits per heavy atom. The lowest BCUT2D eigenvalue weighted by Gasteiger charge is -2.52. The molecule has 3 aliphatic rings. The van der Waals surface area contributed by atoms with Crippen molar-refractivity contribution in [2.24, 2.45) is 0 Å². The van der Waals surface area contributed by atoms with E-state index in [1.165, 1.54) is 35.4 Å². The van der Waals surface area contributed by atoms with Gasteiger partial charge in [-0.2, -0.15) is 0 Å². The van der Waals surface area contributed by atoms with E-state index < -0.39 is 0 Å². The second-order valence-electron chi connectivity index (χ2n) is 5.78. The Morgan fingerprint density at radius 2 is 1.94 bits per heavy atom. The molecule has 2 aliphatic heterocycles. The lowest BCUT2D eigenvalue weighted by Crippen LogP contribution is -3.20. The van der Waals surface area contributed by atoms with Crippen molar-refractivity contribution in [3.05, 3.63) is 37.9 Å². The first kappa shape index (κ1) is 10.6. The SMILES string of the molecule is [CH2-][NH+]1C2=C(CC3(CCC3)[NH+]([CH2-])C2)c2nccnc21. The van der Waals surface area contributed by atoms with Crippen LogP contribution in [0.4, 0.5) is 5.82 Å². The van der Waals surface area contributed by atoms with Crippen LogP contribution in [0.3, 0.4) is 0 Å². The average Bonchev–Trinajstić information content (AvgIpc) is 2.61. The molecular weight excluding hydrogens is 224 g/mol. The average molecular weight is 242 g/mol. The molecule has 0 aromatic carbocycles. The van der Waals surface area contributed by atoms with Crippen LogP contribution in [-0.2, 0) is 0 Å². The third-order valence-electron chi connectivity index (χ3n) is 4.96. The van der Waals surface area contributed by atoms with E-state index in [0.29, 0.717) is 5.54 Å². The molecule has 4 rings (SSSR count). The molecule has 4 nitrogen and oxygen atoms in total. The quantitative estimate of drug-likeness (QED) is 0.602. The fraction of sp³-hybridized carbons (Fsp3) is 0.429. The van der Waals surface area contributed by atoms with Gasteiger partial charge in [-0.25, -0.2) is 9.97 Å². The van der Waals surface area contributed by atoms with E-state index in [9.17, 15) is 0 Å². The van der Waals surface area contributed by atoms with Crippen LogP contribution in [0.5, 0.6) is 0 Å². The minimum Gasteiger partial charge on any atom is -0.455 e. The van der Waals surface area contributed by atoms with E-state index in [4.69, 9.17) is 0 Å². The number of quaternary nitrogens is 2. The molecule has 0 saturated heterocycles. The fourth-order valence-electron chi connectivity index (χ4n) is 3.65. The van der Waals surface area contributed by atoms with Crippen molar-refractivity contribution in [1.82, 2.24) is 9.97 Å². The van der Waals surface area contributed by atoms with Gasteiger partial charge in [0.15, 0.2) is 5.69 Å². The maximum absolute atomic E-state index is 4.53. The Morgan fingerprint density at radius 1 is 1.17 bits per heavy atom. The molecule has 2 N–H and O–H groups in total. The van der Waals surface area contributed by atoms with E-state index in [-0.39, 0.29) is 0 Å². The number of fused-ring (bicyclic) bond motifs is 2. The molecule has 1 spiro atoms. The van der Waals surface area contributed by atoms with Gasteiger partial charge in [0.05, 0.1) is 17.3 Å². The predicted molar refractivity (Wildman–Crippen MR) is 67.3 cm³/mol. The molecule has 0 amide bonds. The van der Waals surface area contributed by atoms with Crippen molar-refractivity contribution in [1.29, 1.82) is 0 Å². The summed E-state index contributed by atoms with van der Waals surface area (Å²) in [6.45, 7) is 0.978. The van der Waals surface area contributed by atoms with Gasteiger partial charge in [0.2, 0.25) is 5.82 Å². The number of hydrogen-bond donors (Lipinski definition) is 2. The molecule has 1 fully saturated rings. The first-order valence-corrected chi connectivity index (χ1v) is 6.63. The van der Waals surface area contributed by atoms with Gasteiger partial charge >= 0.3 is 0 Å². The highest BCUT2D eigenvalue weighted by Gasteiger charge is 2.50. The van der Waals surface area contributed by atoms with Gasteiger partial charge in [-0.05, 0) is 6.42 Å². The van der Waals surface area contributed by atoms with Crippen molar-refractivity contribution >= 4 is 11.4 Å². The van der Waals surface area contributed by atoms with Crippen LogP contribution < -0.4 is 9.80 Å². The summed E-state index contributed by atoms with van der Waals surface area (Å²) in [5, 5.41) is 0. The van der Waals surface area contributed by atoms with Crippen molar-refractivity contribution in [3.8, 4) is 0 Å². The van der Waals surface area contributed by atoms with Gasteiger partial charge < -0.3 is 9.80 Å². The van der Waals surface area contributed by atoms with Gasteiger partial charge in [-0.15, -0.1) is 14.1 Å². The predicted octanol–water partition coefficient (Wildman–Crippen LogP) is -0.488. The summed E-state index contributed by atoms with van der Waals surface area (Å²) in [5.74, 6) is 0.992. The van der Waals surface area contributed by atoms with Gasteiger partial charge in [0.1, 0.15) is 12.2 Å². The minimum atomic E-state index is 0.373. The highest BCUT2D eigenvalue weighted by atomic mass is 15.3. The van der Waals surface area contributed by atoms with Crippen molar-refractivity contribution in [2.45, 2.75) is 31.2 Å². The summed E-state index contributed by atoms with van der Waals surface area (Å²) in [7, 11) is 8.54. The van der Waals surface area contributed by atoms with Crippen LogP contribution in [0.2, 0.25) is 0 Å². The number of nitrogens with one attached hydrogen (secondary N) is 2. The Labute approximate surface area is 107 Å². The Hall–Kier alpha value is -1.26. The molecule has 1 aliphatic carbocycles. The van der Waals surface area contributed by atoms with Gasteiger partial charge in [0.25, 0.3) is 0 Å². The normalized spacial score (nSPS) is 32.1. The second kappa shape index (κ2) is 3.39. The highest BCUT2D eigenvalue weighted by Crippen LogP contribution is 2.41. The maximum atomic E-state index is 4.53. The Bertz CT molecular complexity index is 544. The first-order chi connectivity index (χ1) is 8.71. The van der Waals surface area contributed by atoms with Crippen LogP contribution in [0, 0.1) is 14.1 Å². The molecule has 2 unspecified atom stereocenters. The molecule has 1 aromatic rings. The lowest BCUT2D eigenvalue weighted by atomic mass is 9.69. The third-order valence-corrected chi connectivity index (χ3v) is 4.96. The van der Waals surface area contributed by atoms with E-state index >= 15 is 0 Å². The summed E-state index contributed by atoms with van der Waals surface area (Å²) in [4.78, 5) is 11.5. The van der Waals surface area contributed by atoms with Crippen molar-refractivity contribution in [2.75, 3.05) is 6.54 Å². The summed E-state index contributed by atoms with van der Waals surface area (Å²) >= 11 is 0. The minimum absolute atomic E-state index is 0.373. The summed E-state index contributed by atoms with van der Waals surface area (Å²) < 4.78 is 0. The van der Waals surface area contributed by atoms with E-state index in [1.807, 2.05) is 0 Å². The van der Waals surface area contributed by atoms with Crippen LogP contribution in [-0.4, -0.2) is 22.1 Å². The molecular formula is C14H18N4. The summed E-state index contributed by atoms with van der Waals surface area (Å²) in [6, 6.07) is 0. The molecule has 4 heteroatoms. The van der Waals surface area contributed by atoms with Gasteiger partial charge in [-0.1, -0.05) is 0 Å². The Balaban J connectivity index is 1.82. The standard InChI is InChI=1S/C14H18N4/c1-17-9-11-10(8-14(17)4-3-5-14)12-13(18(11)2)16-7-6-15-12/h6-7,17-18H,1-5,8-9H2.